The molecule has 0 amide bonds. The maximum absolute atomic E-state index is 14.1. The average molecular weight is 316 g/mol. The van der Waals surface area contributed by atoms with Crippen molar-refractivity contribution in [1.29, 1.82) is 5.26 Å². The van der Waals surface area contributed by atoms with Crippen LogP contribution in [-0.4, -0.2) is 0 Å². The van der Waals surface area contributed by atoms with Gasteiger partial charge in [-0.05, 0) is 17.2 Å². The normalized spacial score (nSPS) is 11.9. The Morgan fingerprint density at radius 3 is 1.75 bits per heavy atom. The molecule has 0 unspecified atom stereocenters. The van der Waals surface area contributed by atoms with Crippen LogP contribution >= 0.6 is 0 Å². The first-order chi connectivity index (χ1) is 11.8. The summed E-state index contributed by atoms with van der Waals surface area (Å²) in [5.74, 6) is -0.378. The molecule has 1 N–H and O–H groups in total. The van der Waals surface area contributed by atoms with Gasteiger partial charge in [-0.3, -0.25) is 5.32 Å². The number of rotatable bonds is 5. The fourth-order valence-corrected chi connectivity index (χ4v) is 2.75. The summed E-state index contributed by atoms with van der Waals surface area (Å²) in [6.07, 6.45) is 0. The van der Waals surface area contributed by atoms with Crippen LogP contribution in [0.2, 0.25) is 0 Å². The predicted octanol–water partition coefficient (Wildman–Crippen LogP) is 4.77. The van der Waals surface area contributed by atoms with Gasteiger partial charge in [-0.25, -0.2) is 4.39 Å². The van der Waals surface area contributed by atoms with Gasteiger partial charge in [-0.1, -0.05) is 78.9 Å². The van der Waals surface area contributed by atoms with Crippen LogP contribution in [0.1, 0.15) is 28.8 Å². The molecule has 3 aromatic carbocycles. The van der Waals surface area contributed by atoms with E-state index in [0.717, 1.165) is 11.1 Å². The summed E-state index contributed by atoms with van der Waals surface area (Å²) in [6.45, 7) is 0. The Labute approximate surface area is 141 Å². The van der Waals surface area contributed by atoms with Crippen LogP contribution in [0.4, 0.5) is 4.39 Å². The van der Waals surface area contributed by atoms with Crippen molar-refractivity contribution in [3.63, 3.8) is 0 Å². The van der Waals surface area contributed by atoms with Crippen molar-refractivity contribution in [1.82, 2.24) is 5.32 Å². The molecule has 0 spiro atoms. The van der Waals surface area contributed by atoms with E-state index in [9.17, 15) is 9.65 Å². The third-order valence-electron chi connectivity index (χ3n) is 3.94. The molecule has 0 radical (unpaired) electrons. The Kier molecular flexibility index (Phi) is 5.00. The summed E-state index contributed by atoms with van der Waals surface area (Å²) < 4.78 is 14.1. The monoisotopic (exact) mass is 316 g/mol. The van der Waals surface area contributed by atoms with E-state index in [0.29, 0.717) is 5.56 Å². The number of benzene rings is 3. The molecule has 0 saturated heterocycles. The van der Waals surface area contributed by atoms with Crippen molar-refractivity contribution >= 4 is 0 Å². The minimum absolute atomic E-state index is 0.198. The minimum Gasteiger partial charge on any atom is -0.287 e. The zero-order valence-corrected chi connectivity index (χ0v) is 13.1. The molecule has 0 aliphatic heterocycles. The van der Waals surface area contributed by atoms with Crippen molar-refractivity contribution in [2.75, 3.05) is 0 Å². The maximum atomic E-state index is 14.1. The third-order valence-corrected chi connectivity index (χ3v) is 3.94. The Bertz CT molecular complexity index is 786. The van der Waals surface area contributed by atoms with E-state index in [-0.39, 0.29) is 11.9 Å². The summed E-state index contributed by atoms with van der Waals surface area (Å²) in [5, 5.41) is 12.9. The quantitative estimate of drug-likeness (QED) is 0.736. The van der Waals surface area contributed by atoms with E-state index in [4.69, 9.17) is 0 Å². The van der Waals surface area contributed by atoms with E-state index in [1.54, 1.807) is 18.2 Å². The number of nitriles is 1. The zero-order chi connectivity index (χ0) is 16.8. The van der Waals surface area contributed by atoms with Gasteiger partial charge in [0.05, 0.1) is 12.1 Å². The second-order valence-corrected chi connectivity index (χ2v) is 5.50. The molecule has 0 aliphatic rings. The Morgan fingerprint density at radius 1 is 0.750 bits per heavy atom. The van der Waals surface area contributed by atoms with Gasteiger partial charge in [0.25, 0.3) is 0 Å². The van der Waals surface area contributed by atoms with Gasteiger partial charge in [0, 0.05) is 5.56 Å². The molecule has 1 atom stereocenters. The Morgan fingerprint density at radius 2 is 1.25 bits per heavy atom. The topological polar surface area (TPSA) is 35.8 Å². The lowest BCUT2D eigenvalue weighted by Gasteiger charge is -2.23. The Hall–Kier alpha value is -2.96. The van der Waals surface area contributed by atoms with Gasteiger partial charge < -0.3 is 0 Å². The molecule has 24 heavy (non-hydrogen) atoms. The molecule has 118 valence electrons. The first kappa shape index (κ1) is 15.9. The first-order valence-corrected chi connectivity index (χ1v) is 7.79. The number of nitrogens with zero attached hydrogens (tertiary/aromatic N) is 1. The summed E-state index contributed by atoms with van der Waals surface area (Å²) in [7, 11) is 0. The first-order valence-electron chi connectivity index (χ1n) is 7.79. The zero-order valence-electron chi connectivity index (χ0n) is 13.1. The highest BCUT2D eigenvalue weighted by molar-refractivity contribution is 5.34. The largest absolute Gasteiger partial charge is 0.287 e. The van der Waals surface area contributed by atoms with Crippen molar-refractivity contribution in [3.8, 4) is 6.07 Å². The number of hydrogen-bond donors (Lipinski definition) is 1. The van der Waals surface area contributed by atoms with E-state index < -0.39 is 6.04 Å². The number of halogens is 1. The highest BCUT2D eigenvalue weighted by Crippen LogP contribution is 2.26. The summed E-state index contributed by atoms with van der Waals surface area (Å²) in [4.78, 5) is 0. The lowest BCUT2D eigenvalue weighted by molar-refractivity contribution is 0.526. The molecule has 3 rings (SSSR count). The van der Waals surface area contributed by atoms with Crippen LogP contribution in [0.15, 0.2) is 84.9 Å². The molecule has 0 aromatic heterocycles. The van der Waals surface area contributed by atoms with Crippen molar-refractivity contribution in [3.05, 3.63) is 107 Å². The molecule has 0 bridgehead atoms. The lowest BCUT2D eigenvalue weighted by atomic mass is 9.96. The van der Waals surface area contributed by atoms with Crippen molar-refractivity contribution in [2.45, 2.75) is 12.1 Å². The molecule has 0 aliphatic carbocycles. The van der Waals surface area contributed by atoms with Gasteiger partial charge in [0.2, 0.25) is 0 Å². The second-order valence-electron chi connectivity index (χ2n) is 5.50. The lowest BCUT2D eigenvalue weighted by Crippen LogP contribution is -2.27. The highest BCUT2D eigenvalue weighted by Gasteiger charge is 2.21. The molecule has 0 heterocycles. The number of nitrogens with one attached hydrogen (secondary N) is 1. The molecular formula is C21H17FN2. The van der Waals surface area contributed by atoms with E-state index in [1.807, 2.05) is 60.7 Å². The fourth-order valence-electron chi connectivity index (χ4n) is 2.75. The molecular weight excluding hydrogens is 299 g/mol. The van der Waals surface area contributed by atoms with Gasteiger partial charge in [-0.2, -0.15) is 5.26 Å². The van der Waals surface area contributed by atoms with E-state index in [2.05, 4.69) is 11.4 Å². The van der Waals surface area contributed by atoms with Crippen LogP contribution < -0.4 is 5.32 Å². The molecule has 0 fully saturated rings. The standard InChI is InChI=1S/C21H17FN2/c22-19-14-8-7-13-18(19)20(15-23)24-21(16-9-3-1-4-10-16)17-11-5-2-6-12-17/h1-14,20-21,24H/t20-/m0/s1. The van der Waals surface area contributed by atoms with Gasteiger partial charge in [0.1, 0.15) is 11.9 Å². The second kappa shape index (κ2) is 7.54. The maximum Gasteiger partial charge on any atom is 0.129 e. The number of hydrogen-bond acceptors (Lipinski definition) is 2. The van der Waals surface area contributed by atoms with Crippen LogP contribution in [0, 0.1) is 17.1 Å². The van der Waals surface area contributed by atoms with Gasteiger partial charge in [-0.15, -0.1) is 0 Å². The van der Waals surface area contributed by atoms with Crippen LogP contribution in [0.3, 0.4) is 0 Å². The summed E-state index contributed by atoms with van der Waals surface area (Å²) in [6, 6.07) is 27.3. The van der Waals surface area contributed by atoms with E-state index in [1.165, 1.54) is 6.07 Å². The molecule has 2 nitrogen and oxygen atoms in total. The van der Waals surface area contributed by atoms with Crippen LogP contribution in [-0.2, 0) is 0 Å². The average Bonchev–Trinajstić information content (AvgIpc) is 2.65. The third kappa shape index (κ3) is 3.51. The van der Waals surface area contributed by atoms with Crippen LogP contribution in [0.25, 0.3) is 0 Å². The smallest absolute Gasteiger partial charge is 0.129 e. The predicted molar refractivity (Wildman–Crippen MR) is 92.6 cm³/mol. The highest BCUT2D eigenvalue weighted by atomic mass is 19.1. The Balaban J connectivity index is 1.98. The molecule has 3 aromatic rings. The summed E-state index contributed by atoms with van der Waals surface area (Å²) in [5.41, 5.74) is 2.41. The minimum atomic E-state index is -0.739. The molecule has 3 heteroatoms. The van der Waals surface area contributed by atoms with Crippen molar-refractivity contribution in [2.24, 2.45) is 0 Å². The van der Waals surface area contributed by atoms with Gasteiger partial charge in [0.15, 0.2) is 0 Å². The summed E-state index contributed by atoms with van der Waals surface area (Å²) >= 11 is 0. The van der Waals surface area contributed by atoms with Crippen LogP contribution in [0.5, 0.6) is 0 Å². The molecule has 0 saturated carbocycles. The fraction of sp³-hybridized carbons (Fsp3) is 0.0952. The van der Waals surface area contributed by atoms with Gasteiger partial charge >= 0.3 is 0 Å². The SMILES string of the molecule is N#C[C@H](NC(c1ccccc1)c1ccccc1)c1ccccc1F. The van der Waals surface area contributed by atoms with E-state index >= 15 is 0 Å². The van der Waals surface area contributed by atoms with Crippen molar-refractivity contribution < 1.29 is 4.39 Å².